The molecule has 1 aromatic carbocycles. The minimum atomic E-state index is -0.574. The second-order valence-electron chi connectivity index (χ2n) is 7.78. The molecule has 5 aromatic rings. The summed E-state index contributed by atoms with van der Waals surface area (Å²) in [6.45, 7) is 5.43. The summed E-state index contributed by atoms with van der Waals surface area (Å²) in [6, 6.07) is 5.51. The van der Waals surface area contributed by atoms with Gasteiger partial charge in [0.1, 0.15) is 22.6 Å². The largest absolute Gasteiger partial charge is 0.464 e. The predicted molar refractivity (Wildman–Crippen MR) is 120 cm³/mol. The molecule has 4 aromatic heterocycles. The van der Waals surface area contributed by atoms with Gasteiger partial charge in [-0.15, -0.1) is 0 Å². The molecule has 0 spiro atoms. The molecule has 0 saturated carbocycles. The van der Waals surface area contributed by atoms with Gasteiger partial charge >= 0.3 is 0 Å². The predicted octanol–water partition coefficient (Wildman–Crippen LogP) is 4.41. The lowest BCUT2D eigenvalue weighted by Crippen LogP contribution is -2.31. The number of aryl methyl sites for hydroxylation is 2. The Labute approximate surface area is 185 Å². The molecule has 5 rings (SSSR count). The number of fused-ring (bicyclic) bond motifs is 2. The van der Waals surface area contributed by atoms with E-state index in [4.69, 9.17) is 16.0 Å². The molecule has 1 unspecified atom stereocenters. The average Bonchev–Trinajstić information content (AvgIpc) is 3.35. The number of halogens is 2. The first-order valence-corrected chi connectivity index (χ1v) is 10.3. The summed E-state index contributed by atoms with van der Waals surface area (Å²) in [6.07, 6.45) is 6.44. The lowest BCUT2D eigenvalue weighted by molar-refractivity contribution is 0.564. The summed E-state index contributed by atoms with van der Waals surface area (Å²) in [5.74, 6) is -0.574. The summed E-state index contributed by atoms with van der Waals surface area (Å²) in [5, 5.41) is 0.599. The number of pyridine rings is 1. The monoisotopic (exact) mass is 452 g/mol. The van der Waals surface area contributed by atoms with E-state index in [0.717, 1.165) is 5.69 Å². The molecule has 162 valence electrons. The number of benzene rings is 1. The molecule has 0 aliphatic rings. The van der Waals surface area contributed by atoms with Crippen LogP contribution in [0.4, 0.5) is 4.39 Å². The molecular weight excluding hydrogens is 435 g/mol. The summed E-state index contributed by atoms with van der Waals surface area (Å²) in [5.41, 5.74) is 2.37. The zero-order valence-electron chi connectivity index (χ0n) is 17.5. The maximum atomic E-state index is 13.8. The second kappa shape index (κ2) is 7.20. The molecule has 0 aliphatic carbocycles. The van der Waals surface area contributed by atoms with Gasteiger partial charge in [0, 0.05) is 35.1 Å². The molecule has 0 radical (unpaired) electrons. The Morgan fingerprint density at radius 2 is 1.91 bits per heavy atom. The molecule has 9 heteroatoms. The highest BCUT2D eigenvalue weighted by atomic mass is 35.5. The van der Waals surface area contributed by atoms with E-state index in [1.807, 2.05) is 13.8 Å². The van der Waals surface area contributed by atoms with Gasteiger partial charge in [0.15, 0.2) is 0 Å². The lowest BCUT2D eigenvalue weighted by atomic mass is 10.1. The minimum Gasteiger partial charge on any atom is -0.464 e. The fourth-order valence-corrected chi connectivity index (χ4v) is 4.28. The van der Waals surface area contributed by atoms with Crippen LogP contribution in [0.2, 0.25) is 5.02 Å². The Morgan fingerprint density at radius 1 is 1.12 bits per heavy atom. The zero-order chi connectivity index (χ0) is 22.7. The summed E-state index contributed by atoms with van der Waals surface area (Å²) < 4.78 is 23.9. The number of imidazole rings is 1. The first-order chi connectivity index (χ1) is 15.3. The average molecular weight is 453 g/mol. The highest BCUT2D eigenvalue weighted by molar-refractivity contribution is 6.31. The third-order valence-corrected chi connectivity index (χ3v) is 5.99. The molecule has 7 nitrogen and oxygen atoms in total. The van der Waals surface area contributed by atoms with Crippen molar-refractivity contribution in [2.75, 3.05) is 0 Å². The van der Waals surface area contributed by atoms with Crippen molar-refractivity contribution in [3.63, 3.8) is 0 Å². The minimum absolute atomic E-state index is 0.0243. The first-order valence-electron chi connectivity index (χ1n) is 9.91. The van der Waals surface area contributed by atoms with Gasteiger partial charge in [0.25, 0.3) is 11.1 Å². The van der Waals surface area contributed by atoms with Gasteiger partial charge in [-0.1, -0.05) is 11.6 Å². The van der Waals surface area contributed by atoms with E-state index in [1.165, 1.54) is 22.8 Å². The van der Waals surface area contributed by atoms with Crippen molar-refractivity contribution in [1.82, 2.24) is 18.5 Å². The van der Waals surface area contributed by atoms with Crippen LogP contribution in [0.15, 0.2) is 63.3 Å². The van der Waals surface area contributed by atoms with E-state index in [1.54, 1.807) is 46.9 Å². The maximum absolute atomic E-state index is 13.8. The van der Waals surface area contributed by atoms with Gasteiger partial charge in [-0.2, -0.15) is 0 Å². The number of hydrogen-bond donors (Lipinski definition) is 0. The third-order valence-electron chi connectivity index (χ3n) is 5.70. The van der Waals surface area contributed by atoms with Crippen LogP contribution in [0.5, 0.6) is 0 Å². The van der Waals surface area contributed by atoms with Crippen LogP contribution in [0.25, 0.3) is 22.2 Å². The standard InChI is InChI=1S/C23H18ClFN4O3/c1-12-8-27(11-26-12)19-4-5-20-23(31)29(13(2)9-28(20)22(19)30)14(3)16-10-32-21-7-18(25)17(24)6-15(16)21/h4-11,14H,1-3H3. The maximum Gasteiger partial charge on any atom is 0.279 e. The van der Waals surface area contributed by atoms with Gasteiger partial charge < -0.3 is 13.6 Å². The van der Waals surface area contributed by atoms with Crippen LogP contribution in [0, 0.1) is 19.7 Å². The summed E-state index contributed by atoms with van der Waals surface area (Å²) >= 11 is 5.96. The highest BCUT2D eigenvalue weighted by Crippen LogP contribution is 2.32. The summed E-state index contributed by atoms with van der Waals surface area (Å²) in [7, 11) is 0. The topological polar surface area (TPSA) is 74.4 Å². The van der Waals surface area contributed by atoms with Crippen LogP contribution in [0.1, 0.15) is 29.9 Å². The van der Waals surface area contributed by atoms with Gasteiger partial charge in [-0.25, -0.2) is 9.37 Å². The van der Waals surface area contributed by atoms with E-state index in [-0.39, 0.29) is 21.7 Å². The quantitative estimate of drug-likeness (QED) is 0.406. The molecular formula is C23H18ClFN4O3. The smallest absolute Gasteiger partial charge is 0.279 e. The molecule has 0 fully saturated rings. The number of aromatic nitrogens is 4. The molecule has 1 atom stereocenters. The number of nitrogens with zero attached hydrogens (tertiary/aromatic N) is 4. The molecule has 0 saturated heterocycles. The van der Waals surface area contributed by atoms with Crippen molar-refractivity contribution in [2.45, 2.75) is 26.8 Å². The van der Waals surface area contributed by atoms with Crippen molar-refractivity contribution < 1.29 is 8.81 Å². The second-order valence-corrected chi connectivity index (χ2v) is 8.18. The van der Waals surface area contributed by atoms with Crippen molar-refractivity contribution >= 4 is 28.1 Å². The summed E-state index contributed by atoms with van der Waals surface area (Å²) in [4.78, 5) is 30.7. The van der Waals surface area contributed by atoms with Crippen LogP contribution >= 0.6 is 11.6 Å². The Balaban J connectivity index is 1.70. The van der Waals surface area contributed by atoms with Crippen molar-refractivity contribution in [2.24, 2.45) is 0 Å². The van der Waals surface area contributed by atoms with Crippen LogP contribution in [0.3, 0.4) is 0 Å². The van der Waals surface area contributed by atoms with Crippen LogP contribution < -0.4 is 11.1 Å². The molecule has 0 amide bonds. The van der Waals surface area contributed by atoms with Gasteiger partial charge in [-0.05, 0) is 39.0 Å². The normalized spacial score (nSPS) is 12.7. The molecule has 0 bridgehead atoms. The number of rotatable bonds is 3. The molecule has 0 N–H and O–H groups in total. The Kier molecular flexibility index (Phi) is 4.56. The van der Waals surface area contributed by atoms with Gasteiger partial charge in [0.05, 0.1) is 29.3 Å². The Morgan fingerprint density at radius 3 is 2.62 bits per heavy atom. The van der Waals surface area contributed by atoms with Crippen molar-refractivity contribution in [1.29, 1.82) is 0 Å². The lowest BCUT2D eigenvalue weighted by Gasteiger charge is -2.19. The number of furan rings is 1. The van der Waals surface area contributed by atoms with Gasteiger partial charge in [-0.3, -0.25) is 14.0 Å². The SMILES string of the molecule is Cc1cn(-c2ccc3c(=O)n(C(C)c4coc5cc(F)c(Cl)cc45)c(C)cn3c2=O)cn1. The third kappa shape index (κ3) is 2.98. The van der Waals surface area contributed by atoms with E-state index < -0.39 is 11.9 Å². The molecule has 32 heavy (non-hydrogen) atoms. The first kappa shape index (κ1) is 20.3. The van der Waals surface area contributed by atoms with E-state index in [9.17, 15) is 14.0 Å². The fraction of sp³-hybridized carbons (Fsp3) is 0.174. The van der Waals surface area contributed by atoms with Crippen molar-refractivity contribution in [3.05, 3.63) is 97.7 Å². The molecule has 0 aliphatic heterocycles. The van der Waals surface area contributed by atoms with E-state index in [0.29, 0.717) is 27.9 Å². The Hall–Kier alpha value is -3.65. The van der Waals surface area contributed by atoms with E-state index >= 15 is 0 Å². The van der Waals surface area contributed by atoms with Crippen molar-refractivity contribution in [3.8, 4) is 5.69 Å². The fourth-order valence-electron chi connectivity index (χ4n) is 4.11. The van der Waals surface area contributed by atoms with Crippen LogP contribution in [-0.2, 0) is 0 Å². The Bertz CT molecular complexity index is 1640. The zero-order valence-corrected chi connectivity index (χ0v) is 18.2. The molecule has 4 heterocycles. The highest BCUT2D eigenvalue weighted by Gasteiger charge is 2.21. The van der Waals surface area contributed by atoms with Crippen LogP contribution in [-0.4, -0.2) is 18.5 Å². The van der Waals surface area contributed by atoms with Gasteiger partial charge in [0.2, 0.25) is 0 Å². The van der Waals surface area contributed by atoms with E-state index in [2.05, 4.69) is 4.98 Å². The number of hydrogen-bond acceptors (Lipinski definition) is 4.